The van der Waals surface area contributed by atoms with Gasteiger partial charge in [-0.25, -0.2) is 4.39 Å². The monoisotopic (exact) mass is 511 g/mol. The fraction of sp³-hybridized carbons (Fsp3) is 0.0952. The fourth-order valence-corrected chi connectivity index (χ4v) is 5.26. The summed E-state index contributed by atoms with van der Waals surface area (Å²) in [6, 6.07) is 10.9. The summed E-state index contributed by atoms with van der Waals surface area (Å²) in [6.07, 6.45) is -5.06. The number of hydrogen-bond acceptors (Lipinski definition) is 3. The standard InChI is InChI=1S/C21H10BrF4NO3S/c22-19-15(9-27)12(5-6-17(19)23)18-14-7-10-3-1-2-4-11(10)13(14)8-16(21(24,25)26)20(18)31(28,29)30/h1-6,8H,7H2,(H,28,29,30). The van der Waals surface area contributed by atoms with E-state index >= 15 is 0 Å². The first-order valence-electron chi connectivity index (χ1n) is 8.66. The summed E-state index contributed by atoms with van der Waals surface area (Å²) in [4.78, 5) is -1.36. The minimum Gasteiger partial charge on any atom is -0.282 e. The first-order chi connectivity index (χ1) is 14.4. The molecule has 4 nitrogen and oxygen atoms in total. The Kier molecular flexibility index (Phi) is 4.96. The van der Waals surface area contributed by atoms with Gasteiger partial charge in [-0.15, -0.1) is 0 Å². The van der Waals surface area contributed by atoms with Crippen LogP contribution in [0.4, 0.5) is 17.6 Å². The van der Waals surface area contributed by atoms with E-state index in [9.17, 15) is 35.8 Å². The number of nitriles is 1. The van der Waals surface area contributed by atoms with Crippen molar-refractivity contribution in [1.82, 2.24) is 0 Å². The normalized spacial score (nSPS) is 12.9. The van der Waals surface area contributed by atoms with Gasteiger partial charge in [0.2, 0.25) is 0 Å². The number of hydrogen-bond donors (Lipinski definition) is 1. The maximum atomic E-state index is 14.0. The Morgan fingerprint density at radius 2 is 1.74 bits per heavy atom. The Balaban J connectivity index is 2.26. The number of rotatable bonds is 2. The SMILES string of the molecule is N#Cc1c(-c2c3c(cc(C(F)(F)F)c2S(=O)(=O)O)-c2ccccc2C3)ccc(F)c1Br. The van der Waals surface area contributed by atoms with Crippen LogP contribution >= 0.6 is 15.9 Å². The molecule has 0 radical (unpaired) electrons. The molecule has 1 N–H and O–H groups in total. The molecule has 10 heteroatoms. The molecule has 0 aliphatic heterocycles. The highest BCUT2D eigenvalue weighted by Crippen LogP contribution is 2.50. The third kappa shape index (κ3) is 3.43. The molecule has 3 aromatic rings. The van der Waals surface area contributed by atoms with Crippen LogP contribution in [-0.2, 0) is 22.7 Å². The van der Waals surface area contributed by atoms with Crippen molar-refractivity contribution in [3.8, 4) is 28.3 Å². The van der Waals surface area contributed by atoms with Gasteiger partial charge in [-0.05, 0) is 56.7 Å². The van der Waals surface area contributed by atoms with Gasteiger partial charge in [0.05, 0.1) is 15.6 Å². The zero-order valence-corrected chi connectivity index (χ0v) is 17.7. The Labute approximate surface area is 182 Å². The lowest BCUT2D eigenvalue weighted by atomic mass is 9.90. The number of benzene rings is 3. The van der Waals surface area contributed by atoms with Crippen LogP contribution in [0.3, 0.4) is 0 Å². The third-order valence-electron chi connectivity index (χ3n) is 5.10. The van der Waals surface area contributed by atoms with Gasteiger partial charge in [0.15, 0.2) is 0 Å². The highest BCUT2D eigenvalue weighted by atomic mass is 79.9. The van der Waals surface area contributed by atoms with Gasteiger partial charge in [0.25, 0.3) is 10.1 Å². The maximum absolute atomic E-state index is 14.0. The Hall–Kier alpha value is -2.74. The minimum absolute atomic E-state index is 0.0708. The van der Waals surface area contributed by atoms with Crippen LogP contribution in [0.15, 0.2) is 51.8 Å². The number of alkyl halides is 3. The number of fused-ring (bicyclic) bond motifs is 3. The second-order valence-electron chi connectivity index (χ2n) is 6.86. The first-order valence-corrected chi connectivity index (χ1v) is 10.9. The zero-order chi connectivity index (χ0) is 22.7. The van der Waals surface area contributed by atoms with Crippen molar-refractivity contribution >= 4 is 26.0 Å². The van der Waals surface area contributed by atoms with Gasteiger partial charge >= 0.3 is 6.18 Å². The molecule has 0 bridgehead atoms. The molecule has 1 aliphatic rings. The number of halogens is 5. The van der Waals surface area contributed by atoms with E-state index < -0.39 is 38.1 Å². The summed E-state index contributed by atoms with van der Waals surface area (Å²) in [5.74, 6) is -0.847. The molecule has 0 unspecified atom stereocenters. The number of nitrogens with zero attached hydrogens (tertiary/aromatic N) is 1. The van der Waals surface area contributed by atoms with E-state index in [1.807, 2.05) is 0 Å². The average Bonchev–Trinajstić information content (AvgIpc) is 3.06. The summed E-state index contributed by atoms with van der Waals surface area (Å²) in [6.45, 7) is 0. The molecular formula is C21H10BrF4NO3S. The molecule has 0 amide bonds. The fourth-order valence-electron chi connectivity index (χ4n) is 3.89. The van der Waals surface area contributed by atoms with Gasteiger partial charge < -0.3 is 0 Å². The lowest BCUT2D eigenvalue weighted by Gasteiger charge is -2.20. The summed E-state index contributed by atoms with van der Waals surface area (Å²) < 4.78 is 89.7. The molecule has 1 aliphatic carbocycles. The van der Waals surface area contributed by atoms with Crippen LogP contribution in [0.2, 0.25) is 0 Å². The Morgan fingerprint density at radius 1 is 1.06 bits per heavy atom. The lowest BCUT2D eigenvalue weighted by molar-refractivity contribution is -0.139. The van der Waals surface area contributed by atoms with Gasteiger partial charge in [-0.3, -0.25) is 4.55 Å². The Morgan fingerprint density at radius 3 is 2.35 bits per heavy atom. The third-order valence-corrected chi connectivity index (χ3v) is 6.82. The van der Waals surface area contributed by atoms with E-state index in [0.717, 1.165) is 12.1 Å². The van der Waals surface area contributed by atoms with Crippen molar-refractivity contribution in [2.45, 2.75) is 17.5 Å². The van der Waals surface area contributed by atoms with E-state index in [1.54, 1.807) is 30.3 Å². The molecule has 0 fully saturated rings. The van der Waals surface area contributed by atoms with Crippen LogP contribution in [0, 0.1) is 17.1 Å². The maximum Gasteiger partial charge on any atom is 0.417 e. The van der Waals surface area contributed by atoms with Crippen LogP contribution in [-0.4, -0.2) is 13.0 Å². The minimum atomic E-state index is -5.39. The van der Waals surface area contributed by atoms with Crippen molar-refractivity contribution in [2.75, 3.05) is 0 Å². The molecular weight excluding hydrogens is 502 g/mol. The molecule has 0 spiro atoms. The summed E-state index contributed by atoms with van der Waals surface area (Å²) in [5.41, 5.74) is -1.21. The molecule has 0 saturated heterocycles. The molecule has 0 atom stereocenters. The second-order valence-corrected chi connectivity index (χ2v) is 9.01. The highest BCUT2D eigenvalue weighted by Gasteiger charge is 2.42. The van der Waals surface area contributed by atoms with E-state index in [-0.39, 0.29) is 33.1 Å². The predicted molar refractivity (Wildman–Crippen MR) is 107 cm³/mol. The quantitative estimate of drug-likeness (QED) is 0.266. The smallest absolute Gasteiger partial charge is 0.282 e. The predicted octanol–water partition coefficient (Wildman–Crippen LogP) is 5.96. The van der Waals surface area contributed by atoms with Crippen LogP contribution in [0.5, 0.6) is 0 Å². The molecule has 3 aromatic carbocycles. The summed E-state index contributed by atoms with van der Waals surface area (Å²) in [5, 5.41) is 9.55. The van der Waals surface area contributed by atoms with Crippen molar-refractivity contribution in [3.63, 3.8) is 0 Å². The van der Waals surface area contributed by atoms with Crippen molar-refractivity contribution in [1.29, 1.82) is 5.26 Å². The van der Waals surface area contributed by atoms with Gasteiger partial charge in [0.1, 0.15) is 16.8 Å². The largest absolute Gasteiger partial charge is 0.417 e. The first kappa shape index (κ1) is 21.5. The molecule has 0 aromatic heterocycles. The second kappa shape index (κ2) is 7.15. The van der Waals surface area contributed by atoms with E-state index in [2.05, 4.69) is 15.9 Å². The molecule has 4 rings (SSSR count). The highest BCUT2D eigenvalue weighted by molar-refractivity contribution is 9.10. The van der Waals surface area contributed by atoms with Crippen LogP contribution in [0.25, 0.3) is 22.3 Å². The van der Waals surface area contributed by atoms with Crippen molar-refractivity contribution in [2.24, 2.45) is 0 Å². The van der Waals surface area contributed by atoms with Crippen LogP contribution in [0.1, 0.15) is 22.3 Å². The summed E-state index contributed by atoms with van der Waals surface area (Å²) in [7, 11) is -5.39. The van der Waals surface area contributed by atoms with E-state index in [0.29, 0.717) is 17.2 Å². The average molecular weight is 512 g/mol. The van der Waals surface area contributed by atoms with E-state index in [4.69, 9.17) is 0 Å². The molecule has 158 valence electrons. The van der Waals surface area contributed by atoms with Crippen molar-refractivity contribution in [3.05, 3.63) is 75.0 Å². The lowest BCUT2D eigenvalue weighted by Crippen LogP contribution is -2.16. The van der Waals surface area contributed by atoms with Crippen LogP contribution < -0.4 is 0 Å². The van der Waals surface area contributed by atoms with Gasteiger partial charge in [-0.2, -0.15) is 26.9 Å². The Bertz CT molecular complexity index is 1410. The van der Waals surface area contributed by atoms with Gasteiger partial charge in [-0.1, -0.05) is 30.3 Å². The summed E-state index contributed by atoms with van der Waals surface area (Å²) >= 11 is 2.90. The molecule has 0 saturated carbocycles. The van der Waals surface area contributed by atoms with Crippen molar-refractivity contribution < 1.29 is 30.5 Å². The molecule has 31 heavy (non-hydrogen) atoms. The zero-order valence-electron chi connectivity index (χ0n) is 15.3. The van der Waals surface area contributed by atoms with E-state index in [1.165, 1.54) is 0 Å². The topological polar surface area (TPSA) is 78.2 Å². The molecule has 0 heterocycles. The van der Waals surface area contributed by atoms with Gasteiger partial charge in [0, 0.05) is 11.1 Å².